The van der Waals surface area contributed by atoms with Gasteiger partial charge in [0.15, 0.2) is 18.1 Å². The fraction of sp³-hybridized carbons (Fsp3) is 0.450. The Morgan fingerprint density at radius 2 is 1.48 bits per heavy atom. The molecule has 9 nitrogen and oxygen atoms in total. The molecule has 2 aromatic rings. The van der Waals surface area contributed by atoms with E-state index in [4.69, 9.17) is 23.7 Å². The highest BCUT2D eigenvalue weighted by Crippen LogP contribution is 2.32. The maximum Gasteiger partial charge on any atom is 0.328 e. The lowest BCUT2D eigenvalue weighted by atomic mass is 10.2. The van der Waals surface area contributed by atoms with Crippen molar-refractivity contribution in [1.82, 2.24) is 4.57 Å². The SMILES string of the molecule is COc1cc(OC)cc(OCCOC(C)OC(=O)Cn2c(O)c(C)c(C)c2O)c1. The van der Waals surface area contributed by atoms with Gasteiger partial charge in [0.05, 0.1) is 20.8 Å². The van der Waals surface area contributed by atoms with Gasteiger partial charge in [0.1, 0.15) is 30.4 Å². The van der Waals surface area contributed by atoms with Crippen molar-refractivity contribution in [2.75, 3.05) is 27.4 Å². The maximum atomic E-state index is 12.0. The zero-order valence-electron chi connectivity index (χ0n) is 17.2. The summed E-state index contributed by atoms with van der Waals surface area (Å²) < 4.78 is 27.6. The molecule has 1 unspecified atom stereocenters. The first kappa shape index (κ1) is 22.2. The molecule has 0 radical (unpaired) electrons. The second kappa shape index (κ2) is 9.92. The first-order valence-corrected chi connectivity index (χ1v) is 9.01. The fourth-order valence-corrected chi connectivity index (χ4v) is 2.61. The lowest BCUT2D eigenvalue weighted by molar-refractivity contribution is -0.176. The maximum absolute atomic E-state index is 12.0. The highest BCUT2D eigenvalue weighted by atomic mass is 16.7. The molecular formula is C20H27NO8. The van der Waals surface area contributed by atoms with Crippen LogP contribution >= 0.6 is 0 Å². The number of hydrogen-bond donors (Lipinski definition) is 2. The van der Waals surface area contributed by atoms with Crippen LogP contribution in [0.15, 0.2) is 18.2 Å². The molecule has 1 atom stereocenters. The molecule has 2 rings (SSSR count). The highest BCUT2D eigenvalue weighted by Gasteiger charge is 2.20. The lowest BCUT2D eigenvalue weighted by Gasteiger charge is -2.15. The van der Waals surface area contributed by atoms with Gasteiger partial charge in [-0.15, -0.1) is 0 Å². The van der Waals surface area contributed by atoms with E-state index in [-0.39, 0.29) is 31.5 Å². The average Bonchev–Trinajstić information content (AvgIpc) is 2.88. The standard InChI is InChI=1S/C20H27NO8/c1-12-13(2)20(24)21(19(12)23)11-18(22)29-14(3)27-6-7-28-17-9-15(25-4)8-16(10-17)26-5/h8-10,14,23-24H,6-7,11H2,1-5H3. The molecule has 0 aliphatic heterocycles. The molecule has 0 aliphatic carbocycles. The number of carbonyl (C=O) groups excluding carboxylic acids is 1. The average molecular weight is 409 g/mol. The van der Waals surface area contributed by atoms with Crippen LogP contribution in [-0.4, -0.2) is 54.5 Å². The van der Waals surface area contributed by atoms with E-state index >= 15 is 0 Å². The lowest BCUT2D eigenvalue weighted by Crippen LogP contribution is -2.23. The Bertz CT molecular complexity index is 798. The normalized spacial score (nSPS) is 11.8. The summed E-state index contributed by atoms with van der Waals surface area (Å²) >= 11 is 0. The molecule has 1 aromatic carbocycles. The summed E-state index contributed by atoms with van der Waals surface area (Å²) in [5, 5.41) is 19.9. The Hall–Kier alpha value is -3.07. The van der Waals surface area contributed by atoms with Gasteiger partial charge in [0.2, 0.25) is 0 Å². The number of hydrogen-bond acceptors (Lipinski definition) is 8. The van der Waals surface area contributed by atoms with Gasteiger partial charge in [0.25, 0.3) is 0 Å². The number of benzene rings is 1. The van der Waals surface area contributed by atoms with E-state index in [1.54, 1.807) is 53.2 Å². The molecule has 9 heteroatoms. The van der Waals surface area contributed by atoms with Gasteiger partial charge in [-0.2, -0.15) is 0 Å². The Morgan fingerprint density at radius 3 is 2.00 bits per heavy atom. The van der Waals surface area contributed by atoms with Gasteiger partial charge < -0.3 is 33.9 Å². The quantitative estimate of drug-likeness (QED) is 0.350. The van der Waals surface area contributed by atoms with Crippen LogP contribution in [0, 0.1) is 13.8 Å². The van der Waals surface area contributed by atoms with Crippen molar-refractivity contribution in [2.45, 2.75) is 33.6 Å². The van der Waals surface area contributed by atoms with Crippen LogP contribution in [0.5, 0.6) is 29.0 Å². The molecular weight excluding hydrogens is 382 g/mol. The first-order valence-electron chi connectivity index (χ1n) is 9.01. The number of aromatic hydroxyl groups is 2. The fourth-order valence-electron chi connectivity index (χ4n) is 2.61. The largest absolute Gasteiger partial charge is 0.496 e. The van der Waals surface area contributed by atoms with Gasteiger partial charge in [-0.3, -0.25) is 9.36 Å². The zero-order valence-corrected chi connectivity index (χ0v) is 17.2. The number of aromatic nitrogens is 1. The number of rotatable bonds is 10. The van der Waals surface area contributed by atoms with Crippen LogP contribution in [0.4, 0.5) is 0 Å². The summed E-state index contributed by atoms with van der Waals surface area (Å²) in [5.74, 6) is 0.754. The van der Waals surface area contributed by atoms with Gasteiger partial charge in [0, 0.05) is 29.3 Å². The van der Waals surface area contributed by atoms with Crippen molar-refractivity contribution in [3.8, 4) is 29.0 Å². The molecule has 0 aliphatic rings. The van der Waals surface area contributed by atoms with Crippen molar-refractivity contribution in [1.29, 1.82) is 0 Å². The third kappa shape index (κ3) is 5.71. The summed E-state index contributed by atoms with van der Waals surface area (Å²) in [5.41, 5.74) is 1.01. The minimum Gasteiger partial charge on any atom is -0.496 e. The molecule has 1 heterocycles. The Morgan fingerprint density at radius 1 is 0.966 bits per heavy atom. The van der Waals surface area contributed by atoms with E-state index in [1.807, 2.05) is 0 Å². The second-order valence-electron chi connectivity index (χ2n) is 6.31. The minimum atomic E-state index is -0.826. The molecule has 0 fully saturated rings. The molecule has 1 aromatic heterocycles. The van der Waals surface area contributed by atoms with Crippen molar-refractivity contribution >= 4 is 5.97 Å². The molecule has 0 saturated heterocycles. The van der Waals surface area contributed by atoms with E-state index in [0.29, 0.717) is 28.4 Å². The molecule has 2 N–H and O–H groups in total. The van der Waals surface area contributed by atoms with Crippen molar-refractivity contribution in [3.05, 3.63) is 29.3 Å². The molecule has 0 saturated carbocycles. The summed E-state index contributed by atoms with van der Waals surface area (Å²) in [7, 11) is 3.10. The van der Waals surface area contributed by atoms with Crippen LogP contribution in [0.25, 0.3) is 0 Å². The van der Waals surface area contributed by atoms with Gasteiger partial charge >= 0.3 is 5.97 Å². The van der Waals surface area contributed by atoms with E-state index in [0.717, 1.165) is 4.57 Å². The van der Waals surface area contributed by atoms with Crippen molar-refractivity contribution in [2.24, 2.45) is 0 Å². The Labute approximate surface area is 169 Å². The zero-order chi connectivity index (χ0) is 21.6. The first-order chi connectivity index (χ1) is 13.8. The Balaban J connectivity index is 1.78. The van der Waals surface area contributed by atoms with Gasteiger partial charge in [-0.05, 0) is 20.8 Å². The van der Waals surface area contributed by atoms with Crippen molar-refractivity contribution < 1.29 is 38.7 Å². The minimum absolute atomic E-state index is 0.173. The van der Waals surface area contributed by atoms with Crippen LogP contribution in [0.2, 0.25) is 0 Å². The van der Waals surface area contributed by atoms with E-state index in [9.17, 15) is 15.0 Å². The Kier molecular flexibility index (Phi) is 7.60. The third-order valence-electron chi connectivity index (χ3n) is 4.36. The number of nitrogens with zero attached hydrogens (tertiary/aromatic N) is 1. The predicted octanol–water partition coefficient (Wildman–Crippen LogP) is 2.52. The topological polar surface area (TPSA) is 109 Å². The smallest absolute Gasteiger partial charge is 0.328 e. The van der Waals surface area contributed by atoms with E-state index < -0.39 is 12.3 Å². The summed E-state index contributed by atoms with van der Waals surface area (Å²) in [6.07, 6.45) is -0.826. The highest BCUT2D eigenvalue weighted by molar-refractivity contribution is 5.70. The number of ether oxygens (including phenoxy) is 5. The van der Waals surface area contributed by atoms with Crippen LogP contribution in [-0.2, 0) is 20.8 Å². The number of methoxy groups -OCH3 is 2. The molecule has 0 bridgehead atoms. The molecule has 0 amide bonds. The number of esters is 1. The van der Waals surface area contributed by atoms with Gasteiger partial charge in [-0.1, -0.05) is 0 Å². The summed E-state index contributed by atoms with van der Waals surface area (Å²) in [6, 6.07) is 5.16. The summed E-state index contributed by atoms with van der Waals surface area (Å²) in [4.78, 5) is 12.0. The summed E-state index contributed by atoms with van der Waals surface area (Å²) in [6.45, 7) is 4.92. The van der Waals surface area contributed by atoms with Crippen LogP contribution < -0.4 is 14.2 Å². The molecule has 29 heavy (non-hydrogen) atoms. The third-order valence-corrected chi connectivity index (χ3v) is 4.36. The van der Waals surface area contributed by atoms with Crippen LogP contribution in [0.3, 0.4) is 0 Å². The monoisotopic (exact) mass is 409 g/mol. The predicted molar refractivity (Wildman–Crippen MR) is 104 cm³/mol. The van der Waals surface area contributed by atoms with Crippen LogP contribution in [0.1, 0.15) is 18.1 Å². The molecule has 0 spiro atoms. The van der Waals surface area contributed by atoms with Gasteiger partial charge in [-0.25, -0.2) is 0 Å². The second-order valence-corrected chi connectivity index (χ2v) is 6.31. The van der Waals surface area contributed by atoms with E-state index in [2.05, 4.69) is 0 Å². The van der Waals surface area contributed by atoms with E-state index in [1.165, 1.54) is 0 Å². The van der Waals surface area contributed by atoms with Crippen molar-refractivity contribution in [3.63, 3.8) is 0 Å². The number of carbonyl (C=O) groups is 1. The molecule has 160 valence electrons.